The van der Waals surface area contributed by atoms with Crippen LogP contribution in [0, 0.1) is 5.92 Å². The van der Waals surface area contributed by atoms with E-state index in [1.54, 1.807) is 0 Å². The molecule has 0 saturated carbocycles. The first kappa shape index (κ1) is 106. The summed E-state index contributed by atoms with van der Waals surface area (Å²) in [7, 11) is 0. The summed E-state index contributed by atoms with van der Waals surface area (Å²) in [4.78, 5) is 362. The van der Waals surface area contributed by atoms with Crippen molar-refractivity contribution >= 4 is 160 Å². The quantitative estimate of drug-likeness (QED) is 0.0269. The van der Waals surface area contributed by atoms with Crippen LogP contribution in [-0.2, 0) is 129 Å². The van der Waals surface area contributed by atoms with Gasteiger partial charge in [-0.3, -0.25) is 125 Å². The van der Waals surface area contributed by atoms with Gasteiger partial charge in [-0.2, -0.15) is 0 Å². The molecule has 0 aromatic heterocycles. The van der Waals surface area contributed by atoms with Crippen molar-refractivity contribution in [1.82, 2.24) is 88.3 Å². The molecule has 5 fully saturated rings. The number of nitrogens with two attached hydrogens (primary N) is 8. The summed E-state index contributed by atoms with van der Waals surface area (Å²) in [6, 6.07) is -30.6. The SMILES string of the molecule is CC(C)[C@H](NC(=O)[C@H](CC(N)=O)NC(=O)[C@@H]1CCCN1C(=O)[C@H](CC(N)=O)NC(=O)[C@H](C)NC(=O)[C@H](CC(N)=O)NC(=O)[C@@H]1CCCN1C(=O)[C@H](CC(N)=O)NC(=O)[C@H](C)NC(=O)[C@H](CC(N)=O)NC(=O)[C@@H]1CCCN1C(=O)[C@H](CC(N)=O)NC(=O)[C@H](C)NC(=O)[C@H](CC(N)=O)NC(=O)[C@@H]1CCCN1C(=O)[C@@H](N)CC(=O)O)C(=O)N[C@@H](CC(=O)O)C(=O)N1CCC[C@H]1C(=O)O. The van der Waals surface area contributed by atoms with E-state index in [1.807, 2.05) is 0 Å². The van der Waals surface area contributed by atoms with E-state index in [2.05, 4.69) is 63.8 Å². The number of carboxylic acid groups (broad SMARTS) is 3. The molecule has 24 amide bonds. The predicted octanol–water partition coefficient (Wildman–Crippen LogP) is -15.0. The normalized spacial score (nSPS) is 19.9. The number of amides is 24. The first-order valence-electron chi connectivity index (χ1n) is 41.3. The van der Waals surface area contributed by atoms with E-state index in [-0.39, 0.29) is 96.9 Å². The van der Waals surface area contributed by atoms with Gasteiger partial charge in [0.2, 0.25) is 142 Å². The number of aliphatic carboxylic acids is 3. The van der Waals surface area contributed by atoms with Gasteiger partial charge in [0.05, 0.1) is 63.8 Å². The molecule has 55 heteroatoms. The van der Waals surface area contributed by atoms with Gasteiger partial charge < -0.3 is 149 Å². The molecule has 5 heterocycles. The van der Waals surface area contributed by atoms with E-state index >= 15 is 0 Å². The fraction of sp³-hybridized carbons (Fsp3) is 0.640. The molecule has 718 valence electrons. The molecule has 0 aromatic carbocycles. The molecule has 5 saturated heterocycles. The summed E-state index contributed by atoms with van der Waals surface area (Å²) in [5.41, 5.74) is 43.9. The van der Waals surface area contributed by atoms with Crippen molar-refractivity contribution in [3.05, 3.63) is 0 Å². The second kappa shape index (κ2) is 48.5. The van der Waals surface area contributed by atoms with Crippen molar-refractivity contribution in [2.24, 2.45) is 51.8 Å². The Morgan fingerprint density at radius 1 is 0.262 bits per heavy atom. The van der Waals surface area contributed by atoms with Crippen LogP contribution in [0.15, 0.2) is 0 Å². The zero-order valence-corrected chi connectivity index (χ0v) is 71.7. The molecule has 5 rings (SSSR count). The number of primary amides is 7. The molecular weight excluding hydrogens is 1730 g/mol. The van der Waals surface area contributed by atoms with Gasteiger partial charge in [0, 0.05) is 32.7 Å². The van der Waals surface area contributed by atoms with E-state index in [0.717, 1.165) is 45.3 Å². The number of nitrogens with one attached hydrogen (secondary N) is 12. The van der Waals surface area contributed by atoms with E-state index in [4.69, 9.17) is 51.0 Å². The summed E-state index contributed by atoms with van der Waals surface area (Å²) in [6.45, 7) is 5.17. The number of hydrogen-bond acceptors (Lipinski definition) is 28. The van der Waals surface area contributed by atoms with Gasteiger partial charge >= 0.3 is 17.9 Å². The maximum Gasteiger partial charge on any atom is 0.326 e. The van der Waals surface area contributed by atoms with Crippen molar-refractivity contribution in [2.45, 2.75) is 265 Å². The number of rotatable bonds is 49. The molecule has 5 aliphatic rings. The largest absolute Gasteiger partial charge is 0.481 e. The third-order valence-electron chi connectivity index (χ3n) is 21.6. The van der Waals surface area contributed by atoms with Crippen molar-refractivity contribution in [3.8, 4) is 0 Å². The highest BCUT2D eigenvalue weighted by atomic mass is 16.4. The van der Waals surface area contributed by atoms with E-state index in [9.17, 15) is 140 Å². The van der Waals surface area contributed by atoms with Crippen LogP contribution >= 0.6 is 0 Å². The Balaban J connectivity index is 1.21. The molecular formula is C75H113N25O30. The highest BCUT2D eigenvalue weighted by Gasteiger charge is 2.48. The van der Waals surface area contributed by atoms with E-state index in [0.29, 0.717) is 0 Å². The smallest absolute Gasteiger partial charge is 0.326 e. The number of carboxylic acids is 3. The molecule has 18 atom stereocenters. The number of nitrogens with zero attached hydrogens (tertiary/aromatic N) is 5. The minimum absolute atomic E-state index is 0.0161. The fourth-order valence-corrected chi connectivity index (χ4v) is 15.2. The zero-order valence-electron chi connectivity index (χ0n) is 71.7. The topological polar surface area (TPSA) is 890 Å². The Morgan fingerprint density at radius 3 is 0.715 bits per heavy atom. The fourth-order valence-electron chi connectivity index (χ4n) is 15.2. The van der Waals surface area contributed by atoms with Crippen LogP contribution < -0.4 is 110 Å². The molecule has 0 bridgehead atoms. The molecule has 0 aromatic rings. The lowest BCUT2D eigenvalue weighted by Crippen LogP contribution is -2.61. The van der Waals surface area contributed by atoms with Crippen LogP contribution in [0.3, 0.4) is 0 Å². The van der Waals surface area contributed by atoms with Crippen LogP contribution in [0.4, 0.5) is 0 Å². The summed E-state index contributed by atoms with van der Waals surface area (Å²) < 4.78 is 0. The van der Waals surface area contributed by atoms with E-state index in [1.165, 1.54) is 13.8 Å². The summed E-state index contributed by atoms with van der Waals surface area (Å²) in [5.74, 6) is -32.9. The van der Waals surface area contributed by atoms with Crippen LogP contribution in [0.5, 0.6) is 0 Å². The Labute approximate surface area is 740 Å². The molecule has 0 unspecified atom stereocenters. The first-order chi connectivity index (χ1) is 60.7. The number of hydrogen-bond donors (Lipinski definition) is 23. The Kier molecular flexibility index (Phi) is 39.7. The second-order valence-corrected chi connectivity index (χ2v) is 32.2. The van der Waals surface area contributed by atoms with Gasteiger partial charge in [0.1, 0.15) is 103 Å². The highest BCUT2D eigenvalue weighted by molar-refractivity contribution is 6.05. The third-order valence-corrected chi connectivity index (χ3v) is 21.6. The van der Waals surface area contributed by atoms with E-state index < -0.39 is 332 Å². The van der Waals surface area contributed by atoms with Crippen molar-refractivity contribution in [2.75, 3.05) is 32.7 Å². The standard InChI is InChI=1S/C75H113N25O30/c1-30(2)57(69(123)94-42(29-56(110)111)74(128)100-20-10-15-47(100)75(129)130)95-64(118)38(25-51(80)104)90-68(122)46-14-9-19-99(46)73(127)41(28-54(83)107)93-60(114)33(5)86-63(117)37(24-50(79)103)89-67(121)45-13-8-18-98(45)72(126)40(27-53(82)106)92-59(113)32(4)85-62(116)36(23-49(78)102)88-66(120)44-12-7-17-97(44)71(125)39(26-52(81)105)91-58(112)31(3)84-61(115)35(22-48(77)101)87-65(119)43-11-6-16-96(43)70(124)34(76)21-55(108)109/h30-47,57H,6-29,76H2,1-5H3,(H2,77,101)(H2,78,102)(H2,79,103)(H2,80,104)(H2,81,105)(H2,82,106)(H2,83,107)(H,84,115)(H,85,116)(H,86,117)(H,87,119)(H,88,120)(H,89,121)(H,90,122)(H,91,112)(H,92,113)(H,93,114)(H,94,123)(H,95,118)(H,108,109)(H,110,111)(H,129,130)/t31-,32-,33-,34-,35-,36-,37-,38-,39-,40-,41-,42-,43-,44-,45-,46-,47-,57-/m0/s1. The molecule has 130 heavy (non-hydrogen) atoms. The van der Waals surface area contributed by atoms with Gasteiger partial charge in [-0.15, -0.1) is 0 Å². The van der Waals surface area contributed by atoms with Gasteiger partial charge in [-0.05, 0) is 90.9 Å². The van der Waals surface area contributed by atoms with Gasteiger partial charge in [-0.25, -0.2) is 4.79 Å². The lowest BCUT2D eigenvalue weighted by atomic mass is 10.0. The third kappa shape index (κ3) is 31.0. The average Bonchev–Trinajstić information content (AvgIpc) is 1.64. The minimum Gasteiger partial charge on any atom is -0.481 e. The lowest BCUT2D eigenvalue weighted by molar-refractivity contribution is -0.151. The molecule has 31 N–H and O–H groups in total. The Hall–Kier alpha value is -14.3. The lowest BCUT2D eigenvalue weighted by Gasteiger charge is -2.31. The monoisotopic (exact) mass is 1840 g/mol. The maximum atomic E-state index is 14.4. The summed E-state index contributed by atoms with van der Waals surface area (Å²) in [6.07, 6.45) is -8.07. The summed E-state index contributed by atoms with van der Waals surface area (Å²) >= 11 is 0. The molecule has 55 nitrogen and oxygen atoms in total. The van der Waals surface area contributed by atoms with Crippen molar-refractivity contribution < 1.29 is 145 Å². The minimum atomic E-state index is -1.96. The zero-order chi connectivity index (χ0) is 97.9. The summed E-state index contributed by atoms with van der Waals surface area (Å²) in [5, 5.41) is 55.5. The Morgan fingerprint density at radius 2 is 0.477 bits per heavy atom. The van der Waals surface area contributed by atoms with Crippen LogP contribution in [0.2, 0.25) is 0 Å². The number of carbonyl (C=O) groups is 27. The number of likely N-dealkylation sites (tertiary alicyclic amines) is 5. The Bertz CT molecular complexity index is 4430. The van der Waals surface area contributed by atoms with Crippen LogP contribution in [0.1, 0.15) is 157 Å². The van der Waals surface area contributed by atoms with Gasteiger partial charge in [-0.1, -0.05) is 13.8 Å². The molecule has 0 aliphatic carbocycles. The molecule has 5 aliphatic heterocycles. The predicted molar refractivity (Wildman–Crippen MR) is 436 cm³/mol. The van der Waals surface area contributed by atoms with Gasteiger partial charge in [0.15, 0.2) is 0 Å². The second-order valence-electron chi connectivity index (χ2n) is 32.2. The van der Waals surface area contributed by atoms with Crippen LogP contribution in [-0.4, -0.2) is 341 Å². The molecule has 0 radical (unpaired) electrons. The van der Waals surface area contributed by atoms with Crippen LogP contribution in [0.25, 0.3) is 0 Å². The average molecular weight is 1840 g/mol. The maximum absolute atomic E-state index is 14.4. The highest BCUT2D eigenvalue weighted by Crippen LogP contribution is 2.26. The van der Waals surface area contributed by atoms with Crippen molar-refractivity contribution in [3.63, 3.8) is 0 Å². The first-order valence-corrected chi connectivity index (χ1v) is 41.3. The van der Waals surface area contributed by atoms with Crippen molar-refractivity contribution in [1.29, 1.82) is 0 Å². The molecule has 0 spiro atoms. The number of carbonyl (C=O) groups excluding carboxylic acids is 24. The van der Waals surface area contributed by atoms with Gasteiger partial charge in [0.25, 0.3) is 0 Å².